The molecule has 0 aliphatic rings. The van der Waals surface area contributed by atoms with Crippen molar-refractivity contribution in [1.29, 1.82) is 0 Å². The standard InChI is InChI=1S/C32H43N/c1-8-11-24(5)28-13-17-30(18-14-28)33(32-25(6)21-23(4)22-26(32)7)31-19-15-29(16-20-31)27(10-3)12-9-2/h13-22,24,27H,8-12H2,1-7H3. The van der Waals surface area contributed by atoms with E-state index in [4.69, 9.17) is 0 Å². The van der Waals surface area contributed by atoms with Gasteiger partial charge in [-0.2, -0.15) is 0 Å². The van der Waals surface area contributed by atoms with Crippen LogP contribution in [0.3, 0.4) is 0 Å². The van der Waals surface area contributed by atoms with Crippen molar-refractivity contribution in [2.75, 3.05) is 4.90 Å². The molecule has 176 valence electrons. The Labute approximate surface area is 202 Å². The van der Waals surface area contributed by atoms with Gasteiger partial charge in [0.25, 0.3) is 0 Å². The summed E-state index contributed by atoms with van der Waals surface area (Å²) in [4.78, 5) is 2.45. The first-order valence-electron chi connectivity index (χ1n) is 13.0. The summed E-state index contributed by atoms with van der Waals surface area (Å²) in [6.45, 7) is 15.9. The van der Waals surface area contributed by atoms with Crippen LogP contribution in [-0.4, -0.2) is 0 Å². The van der Waals surface area contributed by atoms with Crippen molar-refractivity contribution in [2.45, 2.75) is 92.4 Å². The summed E-state index contributed by atoms with van der Waals surface area (Å²) >= 11 is 0. The lowest BCUT2D eigenvalue weighted by Gasteiger charge is -2.30. The normalized spacial score (nSPS) is 13.1. The van der Waals surface area contributed by atoms with Gasteiger partial charge in [0.1, 0.15) is 0 Å². The number of nitrogens with zero attached hydrogens (tertiary/aromatic N) is 1. The molecule has 0 aliphatic carbocycles. The van der Waals surface area contributed by atoms with Crippen LogP contribution in [0.15, 0.2) is 60.7 Å². The fourth-order valence-electron chi connectivity index (χ4n) is 5.33. The van der Waals surface area contributed by atoms with Gasteiger partial charge in [-0.1, -0.05) is 82.5 Å². The van der Waals surface area contributed by atoms with E-state index in [9.17, 15) is 0 Å². The van der Waals surface area contributed by atoms with Crippen LogP contribution >= 0.6 is 0 Å². The molecule has 0 aromatic heterocycles. The summed E-state index contributed by atoms with van der Waals surface area (Å²) in [5.74, 6) is 1.25. The van der Waals surface area contributed by atoms with Gasteiger partial charge in [-0.25, -0.2) is 0 Å². The fourth-order valence-corrected chi connectivity index (χ4v) is 5.33. The number of hydrogen-bond donors (Lipinski definition) is 0. The first-order chi connectivity index (χ1) is 15.9. The zero-order chi connectivity index (χ0) is 24.0. The van der Waals surface area contributed by atoms with E-state index in [-0.39, 0.29) is 0 Å². The smallest absolute Gasteiger partial charge is 0.0520 e. The molecule has 0 heterocycles. The van der Waals surface area contributed by atoms with Crippen molar-refractivity contribution in [1.82, 2.24) is 0 Å². The van der Waals surface area contributed by atoms with Crippen LogP contribution in [0.4, 0.5) is 17.1 Å². The van der Waals surface area contributed by atoms with Crippen LogP contribution in [0, 0.1) is 20.8 Å². The lowest BCUT2D eigenvalue weighted by Crippen LogP contribution is -2.13. The van der Waals surface area contributed by atoms with E-state index >= 15 is 0 Å². The molecule has 33 heavy (non-hydrogen) atoms. The van der Waals surface area contributed by atoms with Gasteiger partial charge < -0.3 is 4.90 Å². The first kappa shape index (κ1) is 25.1. The monoisotopic (exact) mass is 441 g/mol. The maximum absolute atomic E-state index is 2.45. The summed E-state index contributed by atoms with van der Waals surface area (Å²) in [6.07, 6.45) is 6.14. The Morgan fingerprint density at radius 1 is 0.667 bits per heavy atom. The second-order valence-corrected chi connectivity index (χ2v) is 9.85. The summed E-state index contributed by atoms with van der Waals surface area (Å²) in [5.41, 5.74) is 10.6. The molecule has 2 unspecified atom stereocenters. The quantitative estimate of drug-likeness (QED) is 0.302. The average Bonchev–Trinajstić information content (AvgIpc) is 2.80. The van der Waals surface area contributed by atoms with E-state index in [1.807, 2.05) is 0 Å². The Bertz CT molecular complexity index is 990. The summed E-state index contributed by atoms with van der Waals surface area (Å²) < 4.78 is 0. The molecule has 0 spiro atoms. The molecule has 0 amide bonds. The van der Waals surface area contributed by atoms with Crippen molar-refractivity contribution in [2.24, 2.45) is 0 Å². The van der Waals surface area contributed by atoms with Crippen molar-refractivity contribution in [3.8, 4) is 0 Å². The van der Waals surface area contributed by atoms with Gasteiger partial charge in [0.2, 0.25) is 0 Å². The zero-order valence-corrected chi connectivity index (χ0v) is 21.9. The predicted octanol–water partition coefficient (Wildman–Crippen LogP) is 10.3. The number of benzene rings is 3. The fraction of sp³-hybridized carbons (Fsp3) is 0.438. The second kappa shape index (κ2) is 11.5. The maximum Gasteiger partial charge on any atom is 0.0520 e. The third kappa shape index (κ3) is 5.88. The van der Waals surface area contributed by atoms with Gasteiger partial charge in [0.05, 0.1) is 5.69 Å². The molecule has 0 saturated carbocycles. The SMILES string of the molecule is CCCC(C)c1ccc(N(c2ccc(C(CC)CCC)cc2)c2c(C)cc(C)cc2C)cc1. The summed E-state index contributed by atoms with van der Waals surface area (Å²) in [5, 5.41) is 0. The lowest BCUT2D eigenvalue weighted by molar-refractivity contribution is 0.596. The predicted molar refractivity (Wildman–Crippen MR) is 147 cm³/mol. The van der Waals surface area contributed by atoms with Gasteiger partial charge in [0.15, 0.2) is 0 Å². The molecular formula is C32H43N. The molecule has 0 saturated heterocycles. The number of anilines is 3. The topological polar surface area (TPSA) is 3.24 Å². The van der Waals surface area contributed by atoms with Gasteiger partial charge in [-0.3, -0.25) is 0 Å². The number of aryl methyl sites for hydroxylation is 3. The van der Waals surface area contributed by atoms with Crippen LogP contribution < -0.4 is 4.90 Å². The molecule has 2 atom stereocenters. The van der Waals surface area contributed by atoms with Crippen molar-refractivity contribution >= 4 is 17.1 Å². The third-order valence-electron chi connectivity index (χ3n) is 7.05. The molecule has 0 fully saturated rings. The Hall–Kier alpha value is -2.54. The number of hydrogen-bond acceptors (Lipinski definition) is 1. The Morgan fingerprint density at radius 3 is 1.61 bits per heavy atom. The zero-order valence-electron chi connectivity index (χ0n) is 21.9. The number of rotatable bonds is 10. The molecular weight excluding hydrogens is 398 g/mol. The van der Waals surface area contributed by atoms with Gasteiger partial charge >= 0.3 is 0 Å². The minimum atomic E-state index is 0.601. The van der Waals surface area contributed by atoms with E-state index in [0.717, 1.165) is 0 Å². The van der Waals surface area contributed by atoms with E-state index < -0.39 is 0 Å². The Kier molecular flexibility index (Phi) is 8.78. The molecule has 0 aliphatic heterocycles. The van der Waals surface area contributed by atoms with Crippen LogP contribution in [0.1, 0.15) is 99.5 Å². The summed E-state index contributed by atoms with van der Waals surface area (Å²) in [6, 6.07) is 23.2. The van der Waals surface area contributed by atoms with E-state index in [2.05, 4.69) is 114 Å². The van der Waals surface area contributed by atoms with Crippen LogP contribution in [0.5, 0.6) is 0 Å². The maximum atomic E-state index is 2.45. The third-order valence-corrected chi connectivity index (χ3v) is 7.05. The first-order valence-corrected chi connectivity index (χ1v) is 13.0. The van der Waals surface area contributed by atoms with Crippen molar-refractivity contribution in [3.05, 3.63) is 88.5 Å². The van der Waals surface area contributed by atoms with Gasteiger partial charge in [-0.05, 0) is 98.4 Å². The molecule has 3 aromatic rings. The highest BCUT2D eigenvalue weighted by atomic mass is 15.1. The minimum Gasteiger partial charge on any atom is -0.310 e. The van der Waals surface area contributed by atoms with Crippen LogP contribution in [0.2, 0.25) is 0 Å². The highest BCUT2D eigenvalue weighted by molar-refractivity contribution is 5.80. The van der Waals surface area contributed by atoms with E-state index in [0.29, 0.717) is 11.8 Å². The minimum absolute atomic E-state index is 0.601. The van der Waals surface area contributed by atoms with Crippen molar-refractivity contribution < 1.29 is 0 Å². The molecule has 0 bridgehead atoms. The average molecular weight is 442 g/mol. The largest absolute Gasteiger partial charge is 0.310 e. The van der Waals surface area contributed by atoms with E-state index in [1.54, 1.807) is 0 Å². The highest BCUT2D eigenvalue weighted by Gasteiger charge is 2.18. The van der Waals surface area contributed by atoms with Crippen molar-refractivity contribution in [3.63, 3.8) is 0 Å². The molecule has 1 heteroatoms. The van der Waals surface area contributed by atoms with Gasteiger partial charge in [-0.15, -0.1) is 0 Å². The molecule has 1 nitrogen and oxygen atoms in total. The van der Waals surface area contributed by atoms with E-state index in [1.165, 1.54) is 77.0 Å². The molecule has 0 radical (unpaired) electrons. The lowest BCUT2D eigenvalue weighted by atomic mass is 9.92. The molecule has 3 aromatic carbocycles. The Morgan fingerprint density at radius 2 is 1.15 bits per heavy atom. The highest BCUT2D eigenvalue weighted by Crippen LogP contribution is 2.40. The second-order valence-electron chi connectivity index (χ2n) is 9.85. The Balaban J connectivity index is 2.07. The van der Waals surface area contributed by atoms with Gasteiger partial charge in [0, 0.05) is 11.4 Å². The van der Waals surface area contributed by atoms with Crippen LogP contribution in [-0.2, 0) is 0 Å². The molecule has 0 N–H and O–H groups in total. The summed E-state index contributed by atoms with van der Waals surface area (Å²) in [7, 11) is 0. The van der Waals surface area contributed by atoms with Crippen LogP contribution in [0.25, 0.3) is 0 Å². The molecule has 3 rings (SSSR count).